The molecule has 0 saturated heterocycles. The van der Waals surface area contributed by atoms with Gasteiger partial charge in [-0.1, -0.05) is 24.3 Å². The molecule has 2 rings (SSSR count). The van der Waals surface area contributed by atoms with Crippen LogP contribution in [0.15, 0.2) is 48.5 Å². The lowest BCUT2D eigenvalue weighted by molar-refractivity contribution is -0.00941. The molecule has 0 bridgehead atoms. The van der Waals surface area contributed by atoms with Gasteiger partial charge in [-0.05, 0) is 48.7 Å². The minimum atomic E-state index is -0.904. The van der Waals surface area contributed by atoms with Gasteiger partial charge in [-0.3, -0.25) is 10.6 Å². The second-order valence-corrected chi connectivity index (χ2v) is 5.69. The van der Waals surface area contributed by atoms with Crippen molar-refractivity contribution in [2.24, 2.45) is 0 Å². The zero-order valence-electron chi connectivity index (χ0n) is 16.1. The van der Waals surface area contributed by atoms with Crippen molar-refractivity contribution in [3.63, 3.8) is 0 Å². The summed E-state index contributed by atoms with van der Waals surface area (Å²) in [7, 11) is 1.30. The van der Waals surface area contributed by atoms with Crippen molar-refractivity contribution in [2.45, 2.75) is 13.3 Å². The predicted molar refractivity (Wildman–Crippen MR) is 105 cm³/mol. The van der Waals surface area contributed by atoms with Crippen molar-refractivity contribution in [1.82, 2.24) is 0 Å². The lowest BCUT2D eigenvalue weighted by atomic mass is 10.0. The van der Waals surface area contributed by atoms with E-state index in [1.165, 1.54) is 7.11 Å². The van der Waals surface area contributed by atoms with Crippen LogP contribution in [0.25, 0.3) is 0 Å². The van der Waals surface area contributed by atoms with Gasteiger partial charge < -0.3 is 18.9 Å². The summed E-state index contributed by atoms with van der Waals surface area (Å²) in [4.78, 5) is 33.8. The monoisotopic (exact) mass is 402 g/mol. The minimum Gasteiger partial charge on any atom is -0.453 e. The first kappa shape index (κ1) is 21.5. The average molecular weight is 402 g/mol. The van der Waals surface area contributed by atoms with Crippen molar-refractivity contribution in [1.29, 1.82) is 0 Å². The summed E-state index contributed by atoms with van der Waals surface area (Å²) in [5.74, 6) is 0. The molecule has 0 aliphatic heterocycles. The maximum Gasteiger partial charge on any atom is 0.511 e. The van der Waals surface area contributed by atoms with Crippen LogP contribution in [0.2, 0.25) is 0 Å². The number of rotatable bonds is 7. The van der Waals surface area contributed by atoms with E-state index in [0.717, 1.165) is 11.1 Å². The Labute approximate surface area is 167 Å². The van der Waals surface area contributed by atoms with Crippen LogP contribution in [0, 0.1) is 0 Å². The molecule has 0 saturated carbocycles. The fourth-order valence-corrected chi connectivity index (χ4v) is 2.26. The van der Waals surface area contributed by atoms with E-state index < -0.39 is 25.1 Å². The molecule has 0 aliphatic carbocycles. The molecule has 0 radical (unpaired) electrons. The van der Waals surface area contributed by atoms with Crippen LogP contribution in [-0.4, -0.2) is 38.9 Å². The molecule has 9 heteroatoms. The van der Waals surface area contributed by atoms with E-state index in [4.69, 9.17) is 4.74 Å². The van der Waals surface area contributed by atoms with Crippen LogP contribution in [0.1, 0.15) is 18.1 Å². The molecular formula is C20H22N2O7. The second-order valence-electron chi connectivity index (χ2n) is 5.69. The highest BCUT2D eigenvalue weighted by atomic mass is 16.8. The Morgan fingerprint density at radius 2 is 1.28 bits per heavy atom. The molecule has 2 aromatic carbocycles. The van der Waals surface area contributed by atoms with E-state index >= 15 is 0 Å². The lowest BCUT2D eigenvalue weighted by Gasteiger charge is -2.09. The number of carbonyl (C=O) groups excluding carboxylic acids is 3. The third kappa shape index (κ3) is 7.79. The predicted octanol–water partition coefficient (Wildman–Crippen LogP) is 4.13. The number of ether oxygens (including phenoxy) is 4. The van der Waals surface area contributed by atoms with Gasteiger partial charge in [0.05, 0.1) is 13.7 Å². The third-order valence-electron chi connectivity index (χ3n) is 3.62. The molecule has 0 aromatic heterocycles. The van der Waals surface area contributed by atoms with Gasteiger partial charge in [0, 0.05) is 11.4 Å². The molecule has 2 aromatic rings. The third-order valence-corrected chi connectivity index (χ3v) is 3.62. The average Bonchev–Trinajstić information content (AvgIpc) is 2.71. The Hall–Kier alpha value is -3.75. The Morgan fingerprint density at radius 3 is 1.76 bits per heavy atom. The zero-order chi connectivity index (χ0) is 21.1. The quantitative estimate of drug-likeness (QED) is 0.407. The smallest absolute Gasteiger partial charge is 0.453 e. The highest BCUT2D eigenvalue weighted by Crippen LogP contribution is 2.16. The molecule has 0 atom stereocenters. The molecule has 0 aliphatic rings. The van der Waals surface area contributed by atoms with Gasteiger partial charge in [-0.25, -0.2) is 14.4 Å². The maximum atomic E-state index is 11.7. The normalized spacial score (nSPS) is 9.86. The van der Waals surface area contributed by atoms with Crippen LogP contribution < -0.4 is 10.6 Å². The summed E-state index contributed by atoms with van der Waals surface area (Å²) in [6, 6.07) is 14.6. The molecule has 0 fully saturated rings. The van der Waals surface area contributed by atoms with Crippen molar-refractivity contribution >= 4 is 29.7 Å². The molecule has 0 spiro atoms. The number of hydrogen-bond acceptors (Lipinski definition) is 7. The van der Waals surface area contributed by atoms with Gasteiger partial charge in [-0.2, -0.15) is 0 Å². The summed E-state index contributed by atoms with van der Waals surface area (Å²) in [6.07, 6.45) is -1.50. The zero-order valence-corrected chi connectivity index (χ0v) is 16.1. The topological polar surface area (TPSA) is 112 Å². The Bertz CT molecular complexity index is 820. The van der Waals surface area contributed by atoms with Gasteiger partial charge in [-0.15, -0.1) is 0 Å². The maximum absolute atomic E-state index is 11.7. The molecule has 29 heavy (non-hydrogen) atoms. The van der Waals surface area contributed by atoms with Crippen LogP contribution in [0.3, 0.4) is 0 Å². The van der Waals surface area contributed by atoms with E-state index in [-0.39, 0.29) is 6.61 Å². The first-order valence-corrected chi connectivity index (χ1v) is 8.76. The van der Waals surface area contributed by atoms with E-state index in [1.54, 1.807) is 31.2 Å². The van der Waals surface area contributed by atoms with Crippen molar-refractivity contribution < 1.29 is 33.3 Å². The van der Waals surface area contributed by atoms with Gasteiger partial charge in [0.25, 0.3) is 0 Å². The SMILES string of the molecule is CCOC(=O)OCOC(=O)Nc1ccc(Cc2ccc(NC(=O)OC)cc2)cc1. The van der Waals surface area contributed by atoms with Gasteiger partial charge in [0.2, 0.25) is 6.79 Å². The summed E-state index contributed by atoms with van der Waals surface area (Å²) in [5, 5.41) is 5.11. The number of hydrogen-bond donors (Lipinski definition) is 2. The van der Waals surface area contributed by atoms with Gasteiger partial charge >= 0.3 is 18.3 Å². The van der Waals surface area contributed by atoms with Crippen molar-refractivity contribution in [2.75, 3.05) is 31.1 Å². The van der Waals surface area contributed by atoms with Crippen LogP contribution in [0.5, 0.6) is 0 Å². The van der Waals surface area contributed by atoms with Crippen LogP contribution in [-0.2, 0) is 25.4 Å². The lowest BCUT2D eigenvalue weighted by Crippen LogP contribution is -2.18. The summed E-state index contributed by atoms with van der Waals surface area (Å²) < 4.78 is 18.3. The fraction of sp³-hybridized carbons (Fsp3) is 0.250. The molecule has 9 nitrogen and oxygen atoms in total. The van der Waals surface area contributed by atoms with Crippen LogP contribution >= 0.6 is 0 Å². The number of carbonyl (C=O) groups is 3. The number of benzene rings is 2. The summed E-state index contributed by atoms with van der Waals surface area (Å²) >= 11 is 0. The van der Waals surface area contributed by atoms with Crippen LogP contribution in [0.4, 0.5) is 25.8 Å². The summed E-state index contributed by atoms with van der Waals surface area (Å²) in [6.45, 7) is 1.27. The largest absolute Gasteiger partial charge is 0.511 e. The molecular weight excluding hydrogens is 380 g/mol. The van der Waals surface area contributed by atoms with Crippen molar-refractivity contribution in [3.05, 3.63) is 59.7 Å². The Morgan fingerprint density at radius 1 is 0.759 bits per heavy atom. The summed E-state index contributed by atoms with van der Waals surface area (Å²) in [5.41, 5.74) is 3.26. The standard InChI is InChI=1S/C20H22N2O7/c1-3-27-20(25)29-13-28-19(24)22-17-10-6-15(7-11-17)12-14-4-8-16(9-5-14)21-18(23)26-2/h4-11H,3,12-13H2,1-2H3,(H,21,23)(H,22,24). The van der Waals surface area contributed by atoms with E-state index in [9.17, 15) is 14.4 Å². The Balaban J connectivity index is 1.80. The van der Waals surface area contributed by atoms with E-state index in [1.807, 2.05) is 24.3 Å². The highest BCUT2D eigenvalue weighted by Gasteiger charge is 2.07. The van der Waals surface area contributed by atoms with Crippen molar-refractivity contribution in [3.8, 4) is 0 Å². The number of amides is 2. The molecule has 0 unspecified atom stereocenters. The molecule has 154 valence electrons. The minimum absolute atomic E-state index is 0.173. The molecule has 2 amide bonds. The van der Waals surface area contributed by atoms with E-state index in [0.29, 0.717) is 17.8 Å². The molecule has 0 heterocycles. The second kappa shape index (κ2) is 11.2. The van der Waals surface area contributed by atoms with Gasteiger partial charge in [0.1, 0.15) is 0 Å². The fourth-order valence-electron chi connectivity index (χ4n) is 2.26. The number of methoxy groups -OCH3 is 1. The highest BCUT2D eigenvalue weighted by molar-refractivity contribution is 5.85. The number of nitrogens with one attached hydrogen (secondary N) is 2. The van der Waals surface area contributed by atoms with Gasteiger partial charge in [0.15, 0.2) is 0 Å². The van der Waals surface area contributed by atoms with E-state index in [2.05, 4.69) is 24.8 Å². The first-order valence-electron chi connectivity index (χ1n) is 8.76. The first-order chi connectivity index (χ1) is 14.0. The Kier molecular flexibility index (Phi) is 8.30. The number of anilines is 2. The molecule has 2 N–H and O–H groups in total.